The molecule has 2 atom stereocenters. The zero-order valence-corrected chi connectivity index (χ0v) is 18.6. The normalized spacial score (nSPS) is 20.7. The van der Waals surface area contributed by atoms with Crippen LogP contribution in [0, 0.1) is 13.8 Å². The Balaban J connectivity index is 1.43. The summed E-state index contributed by atoms with van der Waals surface area (Å²) in [6.45, 7) is 4.33. The Labute approximate surface area is 188 Å². The lowest BCUT2D eigenvalue weighted by Crippen LogP contribution is -2.52. The summed E-state index contributed by atoms with van der Waals surface area (Å²) in [5.74, 6) is 0.655. The highest BCUT2D eigenvalue weighted by Crippen LogP contribution is 2.36. The Kier molecular flexibility index (Phi) is 5.47. The maximum atomic E-state index is 13.4. The number of hydrogen-bond donors (Lipinski definition) is 1. The van der Waals surface area contributed by atoms with E-state index in [1.54, 1.807) is 11.1 Å². The second-order valence-electron chi connectivity index (χ2n) is 8.92. The van der Waals surface area contributed by atoms with Crippen molar-refractivity contribution in [2.45, 2.75) is 58.1 Å². The van der Waals surface area contributed by atoms with Gasteiger partial charge in [0.2, 0.25) is 0 Å². The third-order valence-corrected chi connectivity index (χ3v) is 6.98. The van der Waals surface area contributed by atoms with Crippen LogP contribution < -0.4 is 4.74 Å². The summed E-state index contributed by atoms with van der Waals surface area (Å²) in [5, 5.41) is 14.7. The van der Waals surface area contributed by atoms with Crippen molar-refractivity contribution in [1.29, 1.82) is 0 Å². The topological polar surface area (TPSA) is 67.6 Å². The first-order chi connectivity index (χ1) is 15.5. The summed E-state index contributed by atoms with van der Waals surface area (Å²) in [6, 6.07) is 12.1. The number of hydrogen-bond acceptors (Lipinski definition) is 4. The summed E-state index contributed by atoms with van der Waals surface area (Å²) in [7, 11) is 0. The number of nitrogens with zero attached hydrogens (tertiary/aromatic N) is 3. The van der Waals surface area contributed by atoms with E-state index in [-0.39, 0.29) is 18.7 Å². The summed E-state index contributed by atoms with van der Waals surface area (Å²) < 4.78 is 7.90. The molecule has 0 saturated heterocycles. The Morgan fingerprint density at radius 3 is 2.62 bits per heavy atom. The van der Waals surface area contributed by atoms with Crippen LogP contribution in [-0.2, 0) is 6.42 Å². The number of carbonyl (C=O) groups is 1. The molecule has 6 nitrogen and oxygen atoms in total. The van der Waals surface area contributed by atoms with E-state index >= 15 is 0 Å². The molecule has 1 saturated carbocycles. The number of aromatic nitrogens is 2. The maximum absolute atomic E-state index is 13.4. The van der Waals surface area contributed by atoms with Crippen LogP contribution in [0.5, 0.6) is 5.75 Å². The molecule has 1 fully saturated rings. The van der Waals surface area contributed by atoms with Crippen LogP contribution >= 0.6 is 0 Å². The Morgan fingerprint density at radius 1 is 1.12 bits per heavy atom. The Hall–Kier alpha value is -3.12. The lowest BCUT2D eigenvalue weighted by Gasteiger charge is -2.40. The summed E-state index contributed by atoms with van der Waals surface area (Å²) in [5.41, 5.74) is 6.09. The first-order valence-corrected chi connectivity index (χ1v) is 11.4. The molecule has 2 aliphatic rings. The number of fused-ring (bicyclic) bond motifs is 1. The summed E-state index contributed by atoms with van der Waals surface area (Å²) in [6.07, 6.45) is 7.56. The minimum atomic E-state index is -0.475. The molecule has 0 bridgehead atoms. The van der Waals surface area contributed by atoms with Gasteiger partial charge in [0, 0.05) is 12.4 Å². The van der Waals surface area contributed by atoms with Gasteiger partial charge < -0.3 is 9.84 Å². The molecular formula is C26H29N3O3. The van der Waals surface area contributed by atoms with Gasteiger partial charge in [0.1, 0.15) is 5.75 Å². The maximum Gasteiger partial charge on any atom is 0.260 e. The minimum absolute atomic E-state index is 0.0319. The molecule has 6 heteroatoms. The Bertz CT molecular complexity index is 1120. The summed E-state index contributed by atoms with van der Waals surface area (Å²) in [4.78, 5) is 15.2. The van der Waals surface area contributed by atoms with Crippen LogP contribution in [0.25, 0.3) is 5.69 Å². The predicted octanol–water partition coefficient (Wildman–Crippen LogP) is 4.18. The molecule has 5 rings (SSSR count). The van der Waals surface area contributed by atoms with Crippen LogP contribution in [0.3, 0.4) is 0 Å². The molecule has 1 aliphatic heterocycles. The second-order valence-corrected chi connectivity index (χ2v) is 8.92. The SMILES string of the molecule is Cc1c(Cc2ccc(-n3cccn3)cc2)cc2c(c1C)OCN([C@H]1CCCC[C@@H]1O)C2=O. The highest BCUT2D eigenvalue weighted by molar-refractivity contribution is 5.99. The van der Waals surface area contributed by atoms with Crippen molar-refractivity contribution >= 4 is 5.91 Å². The van der Waals surface area contributed by atoms with E-state index in [1.165, 1.54) is 5.56 Å². The molecule has 32 heavy (non-hydrogen) atoms. The fourth-order valence-corrected chi connectivity index (χ4v) is 4.95. The number of aliphatic hydroxyl groups excluding tert-OH is 1. The molecular weight excluding hydrogens is 402 g/mol. The van der Waals surface area contributed by atoms with Gasteiger partial charge >= 0.3 is 0 Å². The second kappa shape index (κ2) is 8.43. The van der Waals surface area contributed by atoms with Crippen molar-refractivity contribution in [3.8, 4) is 11.4 Å². The average Bonchev–Trinajstić information content (AvgIpc) is 3.34. The van der Waals surface area contributed by atoms with Gasteiger partial charge in [-0.05, 0) is 79.6 Å². The molecule has 0 unspecified atom stereocenters. The van der Waals surface area contributed by atoms with E-state index < -0.39 is 6.10 Å². The first kappa shape index (κ1) is 20.8. The van der Waals surface area contributed by atoms with Gasteiger partial charge in [-0.3, -0.25) is 9.69 Å². The van der Waals surface area contributed by atoms with E-state index in [4.69, 9.17) is 4.74 Å². The number of ether oxygens (including phenoxy) is 1. The van der Waals surface area contributed by atoms with Crippen molar-refractivity contribution in [2.75, 3.05) is 6.73 Å². The quantitative estimate of drug-likeness (QED) is 0.673. The standard InChI is InChI=1S/C26H29N3O3/c1-17-18(2)25-22(26(31)28(16-32-25)23-6-3-4-7-24(23)30)15-20(17)14-19-8-10-21(11-9-19)29-13-5-12-27-29/h5,8-13,15,23-24,30H,3-4,6-7,14,16H2,1-2H3/t23-,24-/m0/s1. The number of aliphatic hydroxyl groups is 1. The van der Waals surface area contributed by atoms with Crippen molar-refractivity contribution < 1.29 is 14.6 Å². The number of benzene rings is 2. The lowest BCUT2D eigenvalue weighted by molar-refractivity contribution is -0.0126. The van der Waals surface area contributed by atoms with Gasteiger partial charge in [-0.1, -0.05) is 25.0 Å². The highest BCUT2D eigenvalue weighted by atomic mass is 16.5. The zero-order chi connectivity index (χ0) is 22.2. The Morgan fingerprint density at radius 2 is 1.91 bits per heavy atom. The van der Waals surface area contributed by atoms with Crippen LogP contribution in [0.15, 0.2) is 48.8 Å². The van der Waals surface area contributed by atoms with Crippen LogP contribution in [0.2, 0.25) is 0 Å². The van der Waals surface area contributed by atoms with Crippen molar-refractivity contribution in [2.24, 2.45) is 0 Å². The number of amides is 1. The molecule has 2 heterocycles. The largest absolute Gasteiger partial charge is 0.472 e. The van der Waals surface area contributed by atoms with Crippen molar-refractivity contribution in [3.05, 3.63) is 76.6 Å². The smallest absolute Gasteiger partial charge is 0.260 e. The zero-order valence-electron chi connectivity index (χ0n) is 18.6. The van der Waals surface area contributed by atoms with Gasteiger partial charge in [0.05, 0.1) is 23.4 Å². The van der Waals surface area contributed by atoms with Gasteiger partial charge in [0.25, 0.3) is 5.91 Å². The van der Waals surface area contributed by atoms with E-state index in [0.29, 0.717) is 11.3 Å². The molecule has 1 amide bonds. The first-order valence-electron chi connectivity index (χ1n) is 11.4. The highest BCUT2D eigenvalue weighted by Gasteiger charge is 2.37. The van der Waals surface area contributed by atoms with Crippen molar-refractivity contribution in [3.63, 3.8) is 0 Å². The predicted molar refractivity (Wildman–Crippen MR) is 122 cm³/mol. The van der Waals surface area contributed by atoms with Gasteiger partial charge in [0.15, 0.2) is 6.73 Å². The third kappa shape index (κ3) is 3.69. The fraction of sp³-hybridized carbons (Fsp3) is 0.385. The minimum Gasteiger partial charge on any atom is -0.472 e. The van der Waals surface area contributed by atoms with Crippen LogP contribution in [0.1, 0.15) is 58.3 Å². The van der Waals surface area contributed by atoms with Crippen LogP contribution in [0.4, 0.5) is 0 Å². The van der Waals surface area contributed by atoms with Crippen molar-refractivity contribution in [1.82, 2.24) is 14.7 Å². The molecule has 0 radical (unpaired) electrons. The monoisotopic (exact) mass is 431 g/mol. The number of rotatable bonds is 4. The molecule has 1 N–H and O–H groups in total. The molecule has 1 aliphatic carbocycles. The van der Waals surface area contributed by atoms with E-state index in [9.17, 15) is 9.90 Å². The third-order valence-electron chi connectivity index (χ3n) is 6.98. The van der Waals surface area contributed by atoms with E-state index in [1.807, 2.05) is 29.9 Å². The summed E-state index contributed by atoms with van der Waals surface area (Å²) >= 11 is 0. The fourth-order valence-electron chi connectivity index (χ4n) is 4.95. The molecule has 2 aromatic carbocycles. The molecule has 0 spiro atoms. The van der Waals surface area contributed by atoms with Gasteiger partial charge in [-0.15, -0.1) is 0 Å². The molecule has 166 valence electrons. The molecule has 3 aromatic rings. The van der Waals surface area contributed by atoms with E-state index in [2.05, 4.69) is 36.3 Å². The molecule has 1 aromatic heterocycles. The lowest BCUT2D eigenvalue weighted by atomic mass is 9.89. The van der Waals surface area contributed by atoms with Gasteiger partial charge in [-0.2, -0.15) is 5.10 Å². The number of carbonyl (C=O) groups excluding carboxylic acids is 1. The van der Waals surface area contributed by atoms with E-state index in [0.717, 1.165) is 54.5 Å². The van der Waals surface area contributed by atoms with Crippen LogP contribution in [-0.4, -0.2) is 44.6 Å². The van der Waals surface area contributed by atoms with Gasteiger partial charge in [-0.25, -0.2) is 4.68 Å². The average molecular weight is 432 g/mol.